The fourth-order valence-corrected chi connectivity index (χ4v) is 2.92. The van der Waals surface area contributed by atoms with Crippen LogP contribution in [0.3, 0.4) is 0 Å². The Morgan fingerprint density at radius 3 is 2.92 bits per heavy atom. The Balaban J connectivity index is 1.48. The molecule has 1 atom stereocenters. The van der Waals surface area contributed by atoms with Gasteiger partial charge in [0.15, 0.2) is 0 Å². The molecule has 3 heterocycles. The van der Waals surface area contributed by atoms with Gasteiger partial charge in [0.2, 0.25) is 5.91 Å². The second kappa shape index (κ2) is 6.37. The molecule has 0 saturated carbocycles. The van der Waals surface area contributed by atoms with Gasteiger partial charge in [-0.05, 0) is 29.8 Å². The van der Waals surface area contributed by atoms with Crippen LogP contribution in [0.15, 0.2) is 48.8 Å². The van der Waals surface area contributed by atoms with Crippen molar-refractivity contribution in [2.24, 2.45) is 0 Å². The van der Waals surface area contributed by atoms with Gasteiger partial charge in [0, 0.05) is 18.9 Å². The molecule has 2 aromatic heterocycles. The fourth-order valence-electron chi connectivity index (χ4n) is 2.92. The van der Waals surface area contributed by atoms with Gasteiger partial charge in [-0.25, -0.2) is 4.68 Å². The van der Waals surface area contributed by atoms with E-state index in [4.69, 9.17) is 4.74 Å². The number of carbonyl (C=O) groups excluding carboxylic acids is 1. The van der Waals surface area contributed by atoms with Gasteiger partial charge in [-0.1, -0.05) is 17.3 Å². The van der Waals surface area contributed by atoms with Crippen LogP contribution in [0.1, 0.15) is 11.7 Å². The van der Waals surface area contributed by atoms with Crippen LogP contribution in [0, 0.1) is 0 Å². The van der Waals surface area contributed by atoms with E-state index in [1.807, 2.05) is 41.3 Å². The summed E-state index contributed by atoms with van der Waals surface area (Å²) in [7, 11) is 0. The highest BCUT2D eigenvalue weighted by atomic mass is 16.5. The summed E-state index contributed by atoms with van der Waals surface area (Å²) < 4.78 is 7.44. The van der Waals surface area contributed by atoms with E-state index < -0.39 is 0 Å². The Morgan fingerprint density at radius 2 is 2.04 bits per heavy atom. The number of rotatable bonds is 3. The van der Waals surface area contributed by atoms with Crippen molar-refractivity contribution in [3.63, 3.8) is 0 Å². The van der Waals surface area contributed by atoms with Crippen molar-refractivity contribution in [1.82, 2.24) is 24.9 Å². The van der Waals surface area contributed by atoms with Crippen molar-refractivity contribution < 1.29 is 9.53 Å². The van der Waals surface area contributed by atoms with Crippen LogP contribution in [0.5, 0.6) is 0 Å². The smallest absolute Gasteiger partial charge is 0.244 e. The van der Waals surface area contributed by atoms with Gasteiger partial charge in [-0.2, -0.15) is 0 Å². The third-order valence-electron chi connectivity index (χ3n) is 4.20. The lowest BCUT2D eigenvalue weighted by atomic mass is 10.1. The minimum atomic E-state index is -0.113. The lowest BCUT2D eigenvalue weighted by molar-refractivity contribution is -0.139. The third-order valence-corrected chi connectivity index (χ3v) is 4.20. The molecule has 1 saturated heterocycles. The first-order valence-electron chi connectivity index (χ1n) is 7.89. The summed E-state index contributed by atoms with van der Waals surface area (Å²) in [6.07, 6.45) is 3.36. The number of amides is 1. The maximum absolute atomic E-state index is 12.7. The highest BCUT2D eigenvalue weighted by molar-refractivity contribution is 5.79. The van der Waals surface area contributed by atoms with E-state index in [0.29, 0.717) is 19.7 Å². The molecule has 1 fully saturated rings. The molecule has 0 N–H and O–H groups in total. The van der Waals surface area contributed by atoms with Crippen LogP contribution in [0.4, 0.5) is 0 Å². The molecule has 0 spiro atoms. The number of morpholine rings is 1. The monoisotopic (exact) mass is 323 g/mol. The van der Waals surface area contributed by atoms with E-state index in [2.05, 4.69) is 15.3 Å². The second-order valence-corrected chi connectivity index (χ2v) is 5.72. The summed E-state index contributed by atoms with van der Waals surface area (Å²) in [5, 5.41) is 8.18. The molecular weight excluding hydrogens is 306 g/mol. The van der Waals surface area contributed by atoms with Crippen LogP contribution in [-0.4, -0.2) is 50.5 Å². The maximum atomic E-state index is 12.7. The average molecular weight is 323 g/mol. The lowest BCUT2D eigenvalue weighted by Crippen LogP contribution is -2.43. The van der Waals surface area contributed by atoms with Crippen LogP contribution >= 0.6 is 0 Å². The maximum Gasteiger partial charge on any atom is 0.244 e. The quantitative estimate of drug-likeness (QED) is 0.729. The van der Waals surface area contributed by atoms with Gasteiger partial charge < -0.3 is 9.64 Å². The molecule has 4 rings (SSSR count). The van der Waals surface area contributed by atoms with E-state index >= 15 is 0 Å². The summed E-state index contributed by atoms with van der Waals surface area (Å²) in [5.74, 6) is 0.0213. The number of ether oxygens (including phenoxy) is 1. The number of nitrogens with zero attached hydrogens (tertiary/aromatic N) is 5. The Morgan fingerprint density at radius 1 is 1.21 bits per heavy atom. The molecule has 24 heavy (non-hydrogen) atoms. The van der Waals surface area contributed by atoms with Gasteiger partial charge >= 0.3 is 0 Å². The fraction of sp³-hybridized carbons (Fsp3) is 0.294. The van der Waals surface area contributed by atoms with E-state index in [-0.39, 0.29) is 18.6 Å². The predicted molar refractivity (Wildman–Crippen MR) is 87.0 cm³/mol. The number of benzene rings is 1. The van der Waals surface area contributed by atoms with Crippen LogP contribution in [-0.2, 0) is 16.1 Å². The Kier molecular flexibility index (Phi) is 3.92. The van der Waals surface area contributed by atoms with Gasteiger partial charge in [0.1, 0.15) is 18.2 Å². The molecule has 1 aromatic carbocycles. The van der Waals surface area contributed by atoms with Crippen molar-refractivity contribution in [1.29, 1.82) is 0 Å². The molecular formula is C17H17N5O2. The molecule has 0 radical (unpaired) electrons. The Labute approximate surface area is 138 Å². The van der Waals surface area contributed by atoms with Crippen LogP contribution in [0.25, 0.3) is 11.0 Å². The molecule has 7 nitrogen and oxygen atoms in total. The molecule has 1 aliphatic heterocycles. The van der Waals surface area contributed by atoms with Crippen molar-refractivity contribution in [3.05, 3.63) is 54.4 Å². The van der Waals surface area contributed by atoms with E-state index in [1.54, 1.807) is 17.1 Å². The van der Waals surface area contributed by atoms with Crippen LogP contribution in [0.2, 0.25) is 0 Å². The van der Waals surface area contributed by atoms with E-state index in [0.717, 1.165) is 16.6 Å². The molecule has 0 bridgehead atoms. The summed E-state index contributed by atoms with van der Waals surface area (Å²) >= 11 is 0. The van der Waals surface area contributed by atoms with Gasteiger partial charge in [0.05, 0.1) is 18.7 Å². The zero-order chi connectivity index (χ0) is 16.4. The molecule has 122 valence electrons. The number of hydrogen-bond acceptors (Lipinski definition) is 5. The molecule has 1 aliphatic rings. The van der Waals surface area contributed by atoms with E-state index in [1.165, 1.54) is 0 Å². The zero-order valence-electron chi connectivity index (χ0n) is 13.1. The van der Waals surface area contributed by atoms with Crippen molar-refractivity contribution in [2.45, 2.75) is 12.6 Å². The van der Waals surface area contributed by atoms with Gasteiger partial charge in [-0.15, -0.1) is 5.10 Å². The largest absolute Gasteiger partial charge is 0.370 e. The number of pyridine rings is 1. The summed E-state index contributed by atoms with van der Waals surface area (Å²) in [5.41, 5.74) is 2.69. The normalized spacial score (nSPS) is 18.0. The van der Waals surface area contributed by atoms with Gasteiger partial charge in [-0.3, -0.25) is 9.78 Å². The topological polar surface area (TPSA) is 73.1 Å². The average Bonchev–Trinajstić information content (AvgIpc) is 3.06. The number of carbonyl (C=O) groups is 1. The van der Waals surface area contributed by atoms with Crippen molar-refractivity contribution in [3.8, 4) is 0 Å². The highest BCUT2D eigenvalue weighted by Gasteiger charge is 2.25. The second-order valence-electron chi connectivity index (χ2n) is 5.72. The van der Waals surface area contributed by atoms with Crippen molar-refractivity contribution >= 4 is 16.9 Å². The highest BCUT2D eigenvalue weighted by Crippen LogP contribution is 2.22. The summed E-state index contributed by atoms with van der Waals surface area (Å²) in [6, 6.07) is 11.5. The van der Waals surface area contributed by atoms with Gasteiger partial charge in [0.25, 0.3) is 0 Å². The van der Waals surface area contributed by atoms with Crippen LogP contribution < -0.4 is 0 Å². The van der Waals surface area contributed by atoms with Crippen molar-refractivity contribution in [2.75, 3.05) is 19.7 Å². The molecule has 0 aliphatic carbocycles. The molecule has 3 aromatic rings. The number of fused-ring (bicyclic) bond motifs is 1. The SMILES string of the molecule is O=C(Cn1nnc2ccccc21)N1CCOC(c2ccncc2)C1. The minimum Gasteiger partial charge on any atom is -0.370 e. The third kappa shape index (κ3) is 2.85. The number of para-hydroxylation sites is 1. The molecule has 7 heteroatoms. The first-order valence-corrected chi connectivity index (χ1v) is 7.89. The standard InChI is InChI=1S/C17H17N5O2/c23-17(12-22-15-4-2-1-3-14(15)19-20-22)21-9-10-24-16(11-21)13-5-7-18-8-6-13/h1-8,16H,9-12H2. The molecule has 1 unspecified atom stereocenters. The summed E-state index contributed by atoms with van der Waals surface area (Å²) in [4.78, 5) is 18.5. The minimum absolute atomic E-state index is 0.0213. The lowest BCUT2D eigenvalue weighted by Gasteiger charge is -2.33. The molecule has 1 amide bonds. The Hall–Kier alpha value is -2.80. The zero-order valence-corrected chi connectivity index (χ0v) is 13.1. The predicted octanol–water partition coefficient (Wildman–Crippen LogP) is 1.43. The number of aromatic nitrogens is 4. The Bertz CT molecular complexity index is 848. The first-order chi connectivity index (χ1) is 11.8. The van der Waals surface area contributed by atoms with E-state index in [9.17, 15) is 4.79 Å². The number of hydrogen-bond donors (Lipinski definition) is 0. The summed E-state index contributed by atoms with van der Waals surface area (Å²) in [6.45, 7) is 1.84. The first kappa shape index (κ1) is 14.8.